The summed E-state index contributed by atoms with van der Waals surface area (Å²) in [6, 6.07) is -0.0460. The summed E-state index contributed by atoms with van der Waals surface area (Å²) in [5, 5.41) is 3.02. The second kappa shape index (κ2) is 8.27. The molecule has 1 amide bonds. The van der Waals surface area contributed by atoms with Gasteiger partial charge in [-0.15, -0.1) is 9.93 Å². The van der Waals surface area contributed by atoms with Crippen LogP contribution in [0.1, 0.15) is 74.1 Å². The van der Waals surface area contributed by atoms with Gasteiger partial charge in [-0.2, -0.15) is 0 Å². The SMILES string of the molecule is CC1(C)CC(NC(=O)OC(C)(C)CC(C)(C)[SH](C)(C)=O)CC(C)(CN=C=O)C1. The van der Waals surface area contributed by atoms with Gasteiger partial charge < -0.3 is 10.1 Å². The van der Waals surface area contributed by atoms with Crippen LogP contribution in [-0.2, 0) is 19.5 Å². The van der Waals surface area contributed by atoms with Gasteiger partial charge >= 0.3 is 6.09 Å². The Morgan fingerprint density at radius 1 is 1.21 bits per heavy atom. The van der Waals surface area contributed by atoms with Gasteiger partial charge in [0.2, 0.25) is 6.08 Å². The molecule has 0 aliphatic heterocycles. The number of rotatable bonds is 7. The highest BCUT2D eigenvalue weighted by molar-refractivity contribution is 8.02. The molecular weight excluding hydrogens is 376 g/mol. The molecule has 6 nitrogen and oxygen atoms in total. The van der Waals surface area contributed by atoms with E-state index in [-0.39, 0.29) is 16.9 Å². The Balaban J connectivity index is 2.80. The van der Waals surface area contributed by atoms with Gasteiger partial charge in [0, 0.05) is 17.2 Å². The predicted molar refractivity (Wildman–Crippen MR) is 116 cm³/mol. The minimum Gasteiger partial charge on any atom is -0.443 e. The first-order chi connectivity index (χ1) is 12.4. The number of aliphatic imine (C=N–C) groups is 1. The summed E-state index contributed by atoms with van der Waals surface area (Å²) in [7, 11) is -2.34. The fourth-order valence-corrected chi connectivity index (χ4v) is 5.56. The number of hydrogen-bond acceptors (Lipinski definition) is 5. The number of thiol groups is 1. The fourth-order valence-electron chi connectivity index (χ4n) is 4.79. The fraction of sp³-hybridized carbons (Fsp3) is 0.905. The molecule has 1 fully saturated rings. The van der Waals surface area contributed by atoms with Crippen LogP contribution in [0.25, 0.3) is 0 Å². The first-order valence-corrected chi connectivity index (χ1v) is 12.6. The van der Waals surface area contributed by atoms with E-state index in [0.717, 1.165) is 19.3 Å². The number of nitrogens with one attached hydrogen (secondary N) is 1. The van der Waals surface area contributed by atoms with E-state index in [4.69, 9.17) is 4.74 Å². The highest BCUT2D eigenvalue weighted by Gasteiger charge is 2.42. The Hall–Kier alpha value is -1.20. The molecule has 0 aromatic carbocycles. The standard InChI is InChI=1S/C21H40N2O4S/c1-18(2)10-16(11-21(7,12-18)14-22-15-24)23-17(25)27-19(3,4)13-20(5,6)28(8,9)26/h16,28H,10-14H2,1-9H3,(H,23,25). The Morgan fingerprint density at radius 2 is 1.79 bits per heavy atom. The number of carbonyl (C=O) groups excluding carboxylic acids is 2. The van der Waals surface area contributed by atoms with Crippen molar-refractivity contribution in [3.63, 3.8) is 0 Å². The number of nitrogens with zero attached hydrogens (tertiary/aromatic N) is 1. The minimum absolute atomic E-state index is 0.0257. The Bertz CT molecular complexity index is 674. The maximum atomic E-state index is 12.6. The van der Waals surface area contributed by atoms with Crippen molar-refractivity contribution in [3.05, 3.63) is 0 Å². The molecule has 164 valence electrons. The molecule has 0 radical (unpaired) electrons. The largest absolute Gasteiger partial charge is 0.443 e. The topological polar surface area (TPSA) is 84.8 Å². The molecule has 0 spiro atoms. The van der Waals surface area contributed by atoms with Gasteiger partial charge in [-0.3, -0.25) is 4.21 Å². The molecule has 1 aliphatic carbocycles. The highest BCUT2D eigenvalue weighted by atomic mass is 32.2. The van der Waals surface area contributed by atoms with Crippen molar-refractivity contribution in [1.82, 2.24) is 5.32 Å². The van der Waals surface area contributed by atoms with Crippen molar-refractivity contribution in [3.8, 4) is 0 Å². The molecule has 0 bridgehead atoms. The van der Waals surface area contributed by atoms with E-state index >= 15 is 0 Å². The first kappa shape index (κ1) is 24.8. The second-order valence-electron chi connectivity index (χ2n) is 11.3. The van der Waals surface area contributed by atoms with Gasteiger partial charge in [-0.25, -0.2) is 14.6 Å². The van der Waals surface area contributed by atoms with Crippen LogP contribution in [0.3, 0.4) is 0 Å². The van der Waals surface area contributed by atoms with Gasteiger partial charge in [-0.05, 0) is 70.3 Å². The highest BCUT2D eigenvalue weighted by Crippen LogP contribution is 2.46. The van der Waals surface area contributed by atoms with E-state index in [9.17, 15) is 13.8 Å². The number of alkyl carbamates (subject to hydrolysis) is 1. The number of carbonyl (C=O) groups is 1. The summed E-state index contributed by atoms with van der Waals surface area (Å²) in [6.45, 7) is 14.5. The molecule has 0 aromatic rings. The van der Waals surface area contributed by atoms with Crippen LogP contribution >= 0.6 is 0 Å². The van der Waals surface area contributed by atoms with Crippen LogP contribution in [0.2, 0.25) is 0 Å². The van der Waals surface area contributed by atoms with Gasteiger partial charge in [-0.1, -0.05) is 20.8 Å². The lowest BCUT2D eigenvalue weighted by atomic mass is 9.62. The predicted octanol–water partition coefficient (Wildman–Crippen LogP) is 3.86. The van der Waals surface area contributed by atoms with E-state index in [1.54, 1.807) is 18.6 Å². The zero-order chi connectivity index (χ0) is 22.0. The van der Waals surface area contributed by atoms with Crippen molar-refractivity contribution in [2.24, 2.45) is 15.8 Å². The molecule has 2 atom stereocenters. The van der Waals surface area contributed by atoms with E-state index < -0.39 is 26.4 Å². The number of ether oxygens (including phenoxy) is 1. The Morgan fingerprint density at radius 3 is 2.29 bits per heavy atom. The third-order valence-corrected chi connectivity index (χ3v) is 9.05. The maximum absolute atomic E-state index is 12.6. The second-order valence-corrected chi connectivity index (χ2v) is 15.2. The van der Waals surface area contributed by atoms with E-state index in [0.29, 0.717) is 13.0 Å². The monoisotopic (exact) mass is 416 g/mol. The molecule has 1 saturated carbocycles. The molecule has 0 aromatic heterocycles. The maximum Gasteiger partial charge on any atom is 0.407 e. The zero-order valence-electron chi connectivity index (χ0n) is 19.1. The van der Waals surface area contributed by atoms with Crippen LogP contribution in [0.5, 0.6) is 0 Å². The summed E-state index contributed by atoms with van der Waals surface area (Å²) >= 11 is 0. The van der Waals surface area contributed by atoms with Crippen LogP contribution in [0.15, 0.2) is 4.99 Å². The lowest BCUT2D eigenvalue weighted by Crippen LogP contribution is -2.50. The van der Waals surface area contributed by atoms with Crippen molar-refractivity contribution in [1.29, 1.82) is 0 Å². The van der Waals surface area contributed by atoms with Gasteiger partial charge in [0.05, 0.1) is 6.54 Å². The average Bonchev–Trinajstić information content (AvgIpc) is 2.39. The van der Waals surface area contributed by atoms with Crippen LogP contribution in [-0.4, -0.2) is 51.8 Å². The third-order valence-electron chi connectivity index (χ3n) is 5.98. The molecule has 28 heavy (non-hydrogen) atoms. The van der Waals surface area contributed by atoms with E-state index in [1.165, 1.54) is 0 Å². The quantitative estimate of drug-likeness (QED) is 0.375. The number of amides is 1. The third kappa shape index (κ3) is 7.32. The molecule has 1 aliphatic rings. The van der Waals surface area contributed by atoms with Crippen molar-refractivity contribution in [2.75, 3.05) is 19.1 Å². The smallest absolute Gasteiger partial charge is 0.407 e. The normalized spacial score (nSPS) is 26.1. The van der Waals surface area contributed by atoms with Crippen LogP contribution in [0, 0.1) is 10.8 Å². The van der Waals surface area contributed by atoms with Gasteiger partial charge in [0.25, 0.3) is 0 Å². The molecule has 2 unspecified atom stereocenters. The summed E-state index contributed by atoms with van der Waals surface area (Å²) in [5.74, 6) is 0. The van der Waals surface area contributed by atoms with E-state index in [2.05, 4.69) is 31.1 Å². The molecule has 1 N–H and O–H groups in total. The molecule has 7 heteroatoms. The Kier molecular flexibility index (Phi) is 7.34. The average molecular weight is 417 g/mol. The first-order valence-electron chi connectivity index (χ1n) is 9.99. The zero-order valence-corrected chi connectivity index (χ0v) is 20.0. The lowest BCUT2D eigenvalue weighted by molar-refractivity contribution is 0.0170. The van der Waals surface area contributed by atoms with Crippen LogP contribution < -0.4 is 5.32 Å². The Labute approximate surface area is 171 Å². The summed E-state index contributed by atoms with van der Waals surface area (Å²) in [6.07, 6.45) is 7.75. The molecule has 1 rings (SSSR count). The summed E-state index contributed by atoms with van der Waals surface area (Å²) in [5.41, 5.74) is -0.867. The van der Waals surface area contributed by atoms with Gasteiger partial charge in [0.15, 0.2) is 0 Å². The molecule has 0 heterocycles. The van der Waals surface area contributed by atoms with Crippen molar-refractivity contribution in [2.45, 2.75) is 90.5 Å². The van der Waals surface area contributed by atoms with Crippen molar-refractivity contribution < 1.29 is 18.5 Å². The van der Waals surface area contributed by atoms with Gasteiger partial charge in [0.1, 0.15) is 5.60 Å². The number of hydrogen-bond donors (Lipinski definition) is 2. The van der Waals surface area contributed by atoms with E-state index in [1.807, 2.05) is 27.7 Å². The molecule has 0 saturated heterocycles. The summed E-state index contributed by atoms with van der Waals surface area (Å²) < 4.78 is 17.9. The minimum atomic E-state index is -2.34. The van der Waals surface area contributed by atoms with Crippen LogP contribution in [0.4, 0.5) is 4.79 Å². The molecular formula is C21H40N2O4S. The summed E-state index contributed by atoms with van der Waals surface area (Å²) in [4.78, 5) is 27.0. The lowest BCUT2D eigenvalue weighted by Gasteiger charge is -2.46. The van der Waals surface area contributed by atoms with Crippen molar-refractivity contribution >= 4 is 22.1 Å². The number of isocyanates is 1.